The third-order valence-electron chi connectivity index (χ3n) is 5.32. The van der Waals surface area contributed by atoms with E-state index in [0.717, 1.165) is 36.8 Å². The number of para-hydroxylation sites is 1. The van der Waals surface area contributed by atoms with Crippen LogP contribution in [0.1, 0.15) is 34.9 Å². The molecule has 3 aromatic rings. The van der Waals surface area contributed by atoms with Crippen LogP contribution in [0.4, 0.5) is 5.82 Å². The molecule has 0 saturated carbocycles. The summed E-state index contributed by atoms with van der Waals surface area (Å²) in [5.74, 6) is -0.203. The van der Waals surface area contributed by atoms with Crippen molar-refractivity contribution in [3.05, 3.63) is 71.8 Å². The number of likely N-dealkylation sites (N-methyl/N-ethyl adjacent to an activating group) is 1. The van der Waals surface area contributed by atoms with Crippen molar-refractivity contribution in [1.29, 1.82) is 0 Å². The van der Waals surface area contributed by atoms with Gasteiger partial charge in [0.2, 0.25) is 6.10 Å². The molecule has 0 radical (unpaired) electrons. The molecule has 2 heterocycles. The van der Waals surface area contributed by atoms with Crippen molar-refractivity contribution < 1.29 is 14.3 Å². The van der Waals surface area contributed by atoms with Gasteiger partial charge in [-0.15, -0.1) is 0 Å². The Balaban J connectivity index is 1.73. The van der Waals surface area contributed by atoms with Gasteiger partial charge in [0.1, 0.15) is 11.4 Å². The van der Waals surface area contributed by atoms with Gasteiger partial charge in [-0.1, -0.05) is 48.5 Å². The van der Waals surface area contributed by atoms with Crippen LogP contribution in [0.5, 0.6) is 0 Å². The molecular weight excluding hydrogens is 378 g/mol. The standard InChI is InChI=1S/C24H25N3O3/c1-26(2)23(28)21(17-10-4-3-5-11-17)30-24(29)19-16-18-12-6-7-13-20(18)25-22(19)27-14-8-9-15-27/h3-7,10-13,16,21H,8-9,14-15H2,1-2H3. The summed E-state index contributed by atoms with van der Waals surface area (Å²) in [6.07, 6.45) is 1.12. The molecule has 1 aliphatic rings. The summed E-state index contributed by atoms with van der Waals surface area (Å²) in [5.41, 5.74) is 1.86. The van der Waals surface area contributed by atoms with E-state index in [9.17, 15) is 9.59 Å². The maximum Gasteiger partial charge on any atom is 0.343 e. The molecule has 1 aromatic heterocycles. The number of aromatic nitrogens is 1. The Morgan fingerprint density at radius 2 is 1.67 bits per heavy atom. The first kappa shape index (κ1) is 19.9. The van der Waals surface area contributed by atoms with E-state index in [0.29, 0.717) is 16.9 Å². The third-order valence-corrected chi connectivity index (χ3v) is 5.32. The van der Waals surface area contributed by atoms with Crippen molar-refractivity contribution in [2.24, 2.45) is 0 Å². The minimum atomic E-state index is -1.01. The fourth-order valence-corrected chi connectivity index (χ4v) is 3.72. The smallest absolute Gasteiger partial charge is 0.343 e. The number of ether oxygens (including phenoxy) is 1. The molecule has 4 rings (SSSR count). The Kier molecular flexibility index (Phi) is 5.65. The molecular formula is C24H25N3O3. The number of pyridine rings is 1. The van der Waals surface area contributed by atoms with E-state index in [1.54, 1.807) is 26.2 Å². The van der Waals surface area contributed by atoms with Gasteiger partial charge in [0.25, 0.3) is 5.91 Å². The van der Waals surface area contributed by atoms with Crippen LogP contribution < -0.4 is 4.90 Å². The van der Waals surface area contributed by atoms with Gasteiger partial charge in [0.05, 0.1) is 5.52 Å². The average molecular weight is 403 g/mol. The second-order valence-electron chi connectivity index (χ2n) is 7.68. The van der Waals surface area contributed by atoms with E-state index in [4.69, 9.17) is 9.72 Å². The fraction of sp³-hybridized carbons (Fsp3) is 0.292. The first-order valence-electron chi connectivity index (χ1n) is 10.2. The van der Waals surface area contributed by atoms with Crippen molar-refractivity contribution in [2.45, 2.75) is 18.9 Å². The molecule has 0 spiro atoms. The molecule has 1 saturated heterocycles. The number of carbonyl (C=O) groups is 2. The van der Waals surface area contributed by atoms with E-state index in [1.807, 2.05) is 48.5 Å². The van der Waals surface area contributed by atoms with Gasteiger partial charge in [-0.05, 0) is 25.0 Å². The van der Waals surface area contributed by atoms with E-state index < -0.39 is 12.1 Å². The Hall–Kier alpha value is -3.41. The molecule has 154 valence electrons. The Morgan fingerprint density at radius 3 is 2.37 bits per heavy atom. The van der Waals surface area contributed by atoms with Gasteiger partial charge in [-0.2, -0.15) is 0 Å². The Bertz CT molecular complexity index is 1060. The van der Waals surface area contributed by atoms with Crippen molar-refractivity contribution in [3.63, 3.8) is 0 Å². The summed E-state index contributed by atoms with van der Waals surface area (Å²) >= 11 is 0. The number of fused-ring (bicyclic) bond motifs is 1. The first-order chi connectivity index (χ1) is 14.5. The van der Waals surface area contributed by atoms with Gasteiger partial charge in [-0.25, -0.2) is 9.78 Å². The predicted octanol–water partition coefficient (Wildman–Crippen LogP) is 3.82. The van der Waals surface area contributed by atoms with Crippen molar-refractivity contribution in [3.8, 4) is 0 Å². The van der Waals surface area contributed by atoms with E-state index in [1.165, 1.54) is 4.90 Å². The molecule has 0 bridgehead atoms. The summed E-state index contributed by atoms with van der Waals surface area (Å²) in [6, 6.07) is 18.6. The van der Waals surface area contributed by atoms with Crippen LogP contribution in [0.2, 0.25) is 0 Å². The van der Waals surface area contributed by atoms with Crippen LogP contribution >= 0.6 is 0 Å². The lowest BCUT2D eigenvalue weighted by atomic mass is 10.1. The molecule has 0 N–H and O–H groups in total. The summed E-state index contributed by atoms with van der Waals surface area (Å²) in [6.45, 7) is 1.70. The largest absolute Gasteiger partial charge is 0.444 e. The quantitative estimate of drug-likeness (QED) is 0.606. The van der Waals surface area contributed by atoms with Crippen molar-refractivity contribution in [1.82, 2.24) is 9.88 Å². The van der Waals surface area contributed by atoms with E-state index in [-0.39, 0.29) is 5.91 Å². The Labute approximate surface area is 176 Å². The van der Waals surface area contributed by atoms with Crippen LogP contribution in [-0.2, 0) is 9.53 Å². The highest BCUT2D eigenvalue weighted by atomic mass is 16.5. The van der Waals surface area contributed by atoms with Gasteiger partial charge in [0, 0.05) is 38.1 Å². The maximum atomic E-state index is 13.3. The number of esters is 1. The highest BCUT2D eigenvalue weighted by Gasteiger charge is 2.30. The fourth-order valence-electron chi connectivity index (χ4n) is 3.72. The van der Waals surface area contributed by atoms with Crippen molar-refractivity contribution in [2.75, 3.05) is 32.1 Å². The van der Waals surface area contributed by atoms with Gasteiger partial charge in [-0.3, -0.25) is 4.79 Å². The zero-order valence-corrected chi connectivity index (χ0v) is 17.2. The second kappa shape index (κ2) is 8.53. The van der Waals surface area contributed by atoms with Crippen LogP contribution in [0.3, 0.4) is 0 Å². The maximum absolute atomic E-state index is 13.3. The number of rotatable bonds is 5. The molecule has 2 aromatic carbocycles. The van der Waals surface area contributed by atoms with Crippen LogP contribution in [0.15, 0.2) is 60.7 Å². The normalized spacial score (nSPS) is 14.5. The highest BCUT2D eigenvalue weighted by molar-refractivity contribution is 6.00. The topological polar surface area (TPSA) is 62.7 Å². The molecule has 30 heavy (non-hydrogen) atoms. The highest BCUT2D eigenvalue weighted by Crippen LogP contribution is 2.29. The monoisotopic (exact) mass is 403 g/mol. The van der Waals surface area contributed by atoms with Gasteiger partial charge >= 0.3 is 5.97 Å². The number of amides is 1. The number of carbonyl (C=O) groups excluding carboxylic acids is 2. The summed E-state index contributed by atoms with van der Waals surface area (Å²) < 4.78 is 5.80. The molecule has 1 aliphatic heterocycles. The molecule has 1 amide bonds. The number of hydrogen-bond donors (Lipinski definition) is 0. The second-order valence-corrected chi connectivity index (χ2v) is 7.68. The lowest BCUT2D eigenvalue weighted by Crippen LogP contribution is -2.32. The minimum Gasteiger partial charge on any atom is -0.444 e. The lowest BCUT2D eigenvalue weighted by Gasteiger charge is -2.23. The third kappa shape index (κ3) is 3.99. The lowest BCUT2D eigenvalue weighted by molar-refractivity contribution is -0.138. The molecule has 1 atom stereocenters. The minimum absolute atomic E-state index is 0.286. The van der Waals surface area contributed by atoms with Crippen LogP contribution in [-0.4, -0.2) is 48.9 Å². The zero-order chi connectivity index (χ0) is 21.1. The van der Waals surface area contributed by atoms with E-state index >= 15 is 0 Å². The van der Waals surface area contributed by atoms with Crippen LogP contribution in [0.25, 0.3) is 10.9 Å². The molecule has 0 aliphatic carbocycles. The predicted molar refractivity (Wildman–Crippen MR) is 116 cm³/mol. The van der Waals surface area contributed by atoms with Crippen LogP contribution in [0, 0.1) is 0 Å². The first-order valence-corrected chi connectivity index (χ1v) is 10.2. The number of hydrogen-bond acceptors (Lipinski definition) is 5. The number of nitrogens with zero attached hydrogens (tertiary/aromatic N) is 3. The average Bonchev–Trinajstić information content (AvgIpc) is 3.31. The zero-order valence-electron chi connectivity index (χ0n) is 17.2. The Morgan fingerprint density at radius 1 is 1.00 bits per heavy atom. The SMILES string of the molecule is CN(C)C(=O)C(OC(=O)c1cc2ccccc2nc1N1CCCC1)c1ccccc1. The molecule has 1 fully saturated rings. The van der Waals surface area contributed by atoms with Crippen molar-refractivity contribution >= 4 is 28.6 Å². The number of benzene rings is 2. The molecule has 1 unspecified atom stereocenters. The number of anilines is 1. The van der Waals surface area contributed by atoms with Gasteiger partial charge < -0.3 is 14.5 Å². The summed E-state index contributed by atoms with van der Waals surface area (Å²) in [4.78, 5) is 34.4. The summed E-state index contributed by atoms with van der Waals surface area (Å²) in [7, 11) is 3.30. The summed E-state index contributed by atoms with van der Waals surface area (Å²) in [5, 5.41) is 0.864. The van der Waals surface area contributed by atoms with E-state index in [2.05, 4.69) is 4.90 Å². The van der Waals surface area contributed by atoms with Gasteiger partial charge in [0.15, 0.2) is 0 Å². The molecule has 6 heteroatoms. The molecule has 6 nitrogen and oxygen atoms in total.